The van der Waals surface area contributed by atoms with Gasteiger partial charge in [0.05, 0.1) is 10.6 Å². The molecule has 54 valence electrons. The van der Waals surface area contributed by atoms with Crippen LogP contribution in [0.1, 0.15) is 15.9 Å². The van der Waals surface area contributed by atoms with Crippen molar-refractivity contribution in [2.75, 3.05) is 0 Å². The monoisotopic (exact) mass is 165 g/mol. The average molecular weight is 166 g/mol. The van der Waals surface area contributed by atoms with Crippen LogP contribution in [0.4, 0.5) is 0 Å². The topological polar surface area (TPSA) is 40.9 Å². The van der Waals surface area contributed by atoms with Gasteiger partial charge < -0.3 is 0 Å². The molecule has 3 heteroatoms. The highest BCUT2D eigenvalue weighted by Gasteiger charge is 1.98. The Kier molecular flexibility index (Phi) is 2.25. The van der Waals surface area contributed by atoms with Crippen molar-refractivity contribution >= 4 is 17.9 Å². The van der Waals surface area contributed by atoms with Crippen LogP contribution in [0.15, 0.2) is 18.2 Å². The SMILES string of the molecule is N#Cc1cc(C=O)ccc1Cl. The molecule has 0 atom stereocenters. The first kappa shape index (κ1) is 7.77. The zero-order valence-corrected chi connectivity index (χ0v) is 6.30. The van der Waals surface area contributed by atoms with Gasteiger partial charge in [-0.05, 0) is 12.1 Å². The Morgan fingerprint density at radius 3 is 2.82 bits per heavy atom. The predicted molar refractivity (Wildman–Crippen MR) is 41.6 cm³/mol. The van der Waals surface area contributed by atoms with Gasteiger partial charge in [0.25, 0.3) is 0 Å². The third-order valence-corrected chi connectivity index (χ3v) is 1.58. The lowest BCUT2D eigenvalue weighted by Gasteiger charge is -1.93. The molecule has 0 aliphatic heterocycles. The molecule has 1 aromatic rings. The Balaban J connectivity index is 3.25. The molecule has 0 aliphatic carbocycles. The van der Waals surface area contributed by atoms with Crippen LogP contribution in [0.25, 0.3) is 0 Å². The van der Waals surface area contributed by atoms with Crippen LogP contribution in [-0.4, -0.2) is 6.29 Å². The van der Waals surface area contributed by atoms with Gasteiger partial charge in [-0.3, -0.25) is 4.79 Å². The molecule has 0 N–H and O–H groups in total. The summed E-state index contributed by atoms with van der Waals surface area (Å²) in [4.78, 5) is 10.2. The molecule has 0 heterocycles. The molecular weight excluding hydrogens is 162 g/mol. The molecule has 2 nitrogen and oxygen atoms in total. The van der Waals surface area contributed by atoms with E-state index in [2.05, 4.69) is 0 Å². The van der Waals surface area contributed by atoms with Gasteiger partial charge in [0.15, 0.2) is 0 Å². The minimum atomic E-state index is 0.330. The fourth-order valence-electron chi connectivity index (χ4n) is 0.702. The molecule has 11 heavy (non-hydrogen) atoms. The summed E-state index contributed by atoms with van der Waals surface area (Å²) in [5.41, 5.74) is 0.794. The number of carbonyl (C=O) groups excluding carboxylic acids is 1. The summed E-state index contributed by atoms with van der Waals surface area (Å²) in [5, 5.41) is 8.86. The zero-order valence-electron chi connectivity index (χ0n) is 5.54. The number of nitrogens with zero attached hydrogens (tertiary/aromatic N) is 1. The Bertz CT molecular complexity index is 327. The van der Waals surface area contributed by atoms with E-state index in [1.165, 1.54) is 12.1 Å². The molecule has 0 aliphatic rings. The van der Waals surface area contributed by atoms with Crippen LogP contribution < -0.4 is 0 Å². The van der Waals surface area contributed by atoms with Gasteiger partial charge in [0.2, 0.25) is 0 Å². The van der Waals surface area contributed by atoms with E-state index in [9.17, 15) is 4.79 Å². The van der Waals surface area contributed by atoms with Gasteiger partial charge in [0.1, 0.15) is 12.4 Å². The Morgan fingerprint density at radius 1 is 1.55 bits per heavy atom. The van der Waals surface area contributed by atoms with Gasteiger partial charge in [-0.25, -0.2) is 0 Å². The second-order valence-electron chi connectivity index (χ2n) is 1.97. The number of rotatable bonds is 1. The van der Waals surface area contributed by atoms with Gasteiger partial charge in [-0.15, -0.1) is 0 Å². The van der Waals surface area contributed by atoms with Crippen LogP contribution >= 0.6 is 11.6 Å². The molecule has 0 spiro atoms. The van der Waals surface area contributed by atoms with Crippen LogP contribution in [0.5, 0.6) is 0 Å². The summed E-state index contributed by atoms with van der Waals surface area (Å²) in [6.45, 7) is 0. The van der Waals surface area contributed by atoms with Crippen molar-refractivity contribution in [1.82, 2.24) is 0 Å². The normalized spacial score (nSPS) is 8.73. The number of nitriles is 1. The molecule has 0 radical (unpaired) electrons. The maximum Gasteiger partial charge on any atom is 0.150 e. The van der Waals surface area contributed by atoms with Gasteiger partial charge in [0, 0.05) is 5.56 Å². The average Bonchev–Trinajstić information content (AvgIpc) is 2.05. The standard InChI is InChI=1S/C8H4ClNO/c9-8-2-1-6(5-11)3-7(8)4-10/h1-3,5H. The van der Waals surface area contributed by atoms with E-state index in [4.69, 9.17) is 16.9 Å². The first-order valence-electron chi connectivity index (χ1n) is 2.93. The molecule has 0 fully saturated rings. The summed E-state index contributed by atoms with van der Waals surface area (Å²) < 4.78 is 0. The molecule has 0 aromatic heterocycles. The number of aldehydes is 1. The number of carbonyl (C=O) groups is 1. The third-order valence-electron chi connectivity index (χ3n) is 1.25. The van der Waals surface area contributed by atoms with Gasteiger partial charge >= 0.3 is 0 Å². The highest BCUT2D eigenvalue weighted by atomic mass is 35.5. The summed E-state index contributed by atoms with van der Waals surface area (Å²) in [6, 6.07) is 6.43. The van der Waals surface area contributed by atoms with E-state index in [-0.39, 0.29) is 0 Å². The number of hydrogen-bond acceptors (Lipinski definition) is 2. The van der Waals surface area contributed by atoms with Crippen LogP contribution in [0.2, 0.25) is 5.02 Å². The van der Waals surface area contributed by atoms with E-state index in [0.29, 0.717) is 22.4 Å². The summed E-state index contributed by atoms with van der Waals surface area (Å²) in [6.07, 6.45) is 0.678. The number of hydrogen-bond donors (Lipinski definition) is 0. The van der Waals surface area contributed by atoms with Crippen molar-refractivity contribution in [3.8, 4) is 6.07 Å². The van der Waals surface area contributed by atoms with Crippen LogP contribution in [-0.2, 0) is 0 Å². The number of halogens is 1. The molecule has 0 amide bonds. The van der Waals surface area contributed by atoms with E-state index in [1.54, 1.807) is 6.07 Å². The molecule has 0 unspecified atom stereocenters. The lowest BCUT2D eigenvalue weighted by atomic mass is 10.1. The van der Waals surface area contributed by atoms with Gasteiger partial charge in [-0.2, -0.15) is 5.26 Å². The zero-order chi connectivity index (χ0) is 8.27. The molecule has 0 saturated carbocycles. The summed E-state index contributed by atoms with van der Waals surface area (Å²) in [7, 11) is 0. The summed E-state index contributed by atoms with van der Waals surface area (Å²) >= 11 is 5.61. The first-order valence-corrected chi connectivity index (χ1v) is 3.30. The van der Waals surface area contributed by atoms with Crippen LogP contribution in [0, 0.1) is 11.3 Å². The first-order chi connectivity index (χ1) is 5.27. The van der Waals surface area contributed by atoms with Crippen molar-refractivity contribution in [2.24, 2.45) is 0 Å². The smallest absolute Gasteiger partial charge is 0.150 e. The fourth-order valence-corrected chi connectivity index (χ4v) is 0.862. The second-order valence-corrected chi connectivity index (χ2v) is 2.38. The van der Waals surface area contributed by atoms with Crippen molar-refractivity contribution < 1.29 is 4.79 Å². The minimum absolute atomic E-state index is 0.330. The molecular formula is C8H4ClNO. The lowest BCUT2D eigenvalue weighted by Crippen LogP contribution is -1.82. The van der Waals surface area contributed by atoms with Crippen molar-refractivity contribution in [3.63, 3.8) is 0 Å². The Hall–Kier alpha value is -1.33. The highest BCUT2D eigenvalue weighted by Crippen LogP contribution is 2.15. The minimum Gasteiger partial charge on any atom is -0.298 e. The molecule has 0 saturated heterocycles. The molecule has 0 bridgehead atoms. The third kappa shape index (κ3) is 1.57. The molecule has 1 rings (SSSR count). The lowest BCUT2D eigenvalue weighted by molar-refractivity contribution is 0.112. The Morgan fingerprint density at radius 2 is 2.27 bits per heavy atom. The summed E-state index contributed by atoms with van der Waals surface area (Å²) in [5.74, 6) is 0. The van der Waals surface area contributed by atoms with Crippen molar-refractivity contribution in [1.29, 1.82) is 5.26 Å². The Labute approximate surface area is 69.0 Å². The highest BCUT2D eigenvalue weighted by molar-refractivity contribution is 6.31. The van der Waals surface area contributed by atoms with Crippen molar-refractivity contribution in [2.45, 2.75) is 0 Å². The molecule has 1 aromatic carbocycles. The second kappa shape index (κ2) is 3.18. The van der Waals surface area contributed by atoms with Crippen molar-refractivity contribution in [3.05, 3.63) is 34.3 Å². The number of benzene rings is 1. The van der Waals surface area contributed by atoms with Crippen LogP contribution in [0.3, 0.4) is 0 Å². The predicted octanol–water partition coefficient (Wildman–Crippen LogP) is 2.02. The van der Waals surface area contributed by atoms with E-state index in [1.807, 2.05) is 6.07 Å². The van der Waals surface area contributed by atoms with E-state index in [0.717, 1.165) is 0 Å². The maximum atomic E-state index is 10.2. The fraction of sp³-hybridized carbons (Fsp3) is 0. The van der Waals surface area contributed by atoms with Gasteiger partial charge in [-0.1, -0.05) is 17.7 Å². The maximum absolute atomic E-state index is 10.2. The largest absolute Gasteiger partial charge is 0.298 e. The quantitative estimate of drug-likeness (QED) is 0.598. The van der Waals surface area contributed by atoms with E-state index < -0.39 is 0 Å². The van der Waals surface area contributed by atoms with E-state index >= 15 is 0 Å².